The summed E-state index contributed by atoms with van der Waals surface area (Å²) in [5.74, 6) is 1.02. The molecule has 0 bridgehead atoms. The third-order valence-corrected chi connectivity index (χ3v) is 5.95. The van der Waals surface area contributed by atoms with Crippen LogP contribution in [0.4, 0.5) is 0 Å². The van der Waals surface area contributed by atoms with Crippen LogP contribution in [-0.4, -0.2) is 32.9 Å². The van der Waals surface area contributed by atoms with Gasteiger partial charge in [0.2, 0.25) is 0 Å². The SMILES string of the molecule is C=CCC(c1nc2ccccc2[nH]1)N(CCCCN)C1CCCc2cccnc21. The molecule has 2 aromatic heterocycles. The van der Waals surface area contributed by atoms with Crippen LogP contribution in [0.5, 0.6) is 0 Å². The van der Waals surface area contributed by atoms with Crippen LogP contribution in [0.25, 0.3) is 11.0 Å². The van der Waals surface area contributed by atoms with Crippen molar-refractivity contribution in [2.75, 3.05) is 13.1 Å². The summed E-state index contributed by atoms with van der Waals surface area (Å²) < 4.78 is 0. The maximum Gasteiger partial charge on any atom is 0.125 e. The normalized spacial score (nSPS) is 17.4. The van der Waals surface area contributed by atoms with E-state index in [1.165, 1.54) is 17.7 Å². The minimum absolute atomic E-state index is 0.149. The number of pyridine rings is 1. The number of nitrogens with two attached hydrogens (primary N) is 1. The van der Waals surface area contributed by atoms with Gasteiger partial charge in [-0.3, -0.25) is 9.88 Å². The third-order valence-electron chi connectivity index (χ3n) is 5.95. The number of H-pyrrole nitrogens is 1. The molecule has 4 rings (SSSR count). The molecule has 2 heterocycles. The lowest BCUT2D eigenvalue weighted by atomic mass is 9.89. The van der Waals surface area contributed by atoms with Gasteiger partial charge in [-0.05, 0) is 75.4 Å². The quantitative estimate of drug-likeness (QED) is 0.411. The van der Waals surface area contributed by atoms with Crippen molar-refractivity contribution in [2.24, 2.45) is 5.73 Å². The second-order valence-corrected chi connectivity index (χ2v) is 7.87. The molecule has 152 valence electrons. The number of fused-ring (bicyclic) bond motifs is 2. The van der Waals surface area contributed by atoms with Crippen LogP contribution in [0, 0.1) is 0 Å². The van der Waals surface area contributed by atoms with Crippen LogP contribution in [0.2, 0.25) is 0 Å². The highest BCUT2D eigenvalue weighted by Crippen LogP contribution is 2.39. The molecule has 5 heteroatoms. The Morgan fingerprint density at radius 3 is 2.97 bits per heavy atom. The van der Waals surface area contributed by atoms with Crippen LogP contribution >= 0.6 is 0 Å². The Balaban J connectivity index is 1.72. The Hall–Kier alpha value is -2.50. The van der Waals surface area contributed by atoms with Crippen LogP contribution in [0.15, 0.2) is 55.3 Å². The van der Waals surface area contributed by atoms with Crippen LogP contribution in [0.3, 0.4) is 0 Å². The van der Waals surface area contributed by atoms with E-state index < -0.39 is 0 Å². The van der Waals surface area contributed by atoms with Crippen molar-refractivity contribution in [3.05, 3.63) is 72.3 Å². The first-order valence-corrected chi connectivity index (χ1v) is 10.8. The Bertz CT molecular complexity index is 914. The number of hydrogen-bond acceptors (Lipinski definition) is 4. The molecule has 1 aliphatic carbocycles. The second kappa shape index (κ2) is 9.33. The van der Waals surface area contributed by atoms with Crippen molar-refractivity contribution < 1.29 is 0 Å². The molecule has 29 heavy (non-hydrogen) atoms. The highest BCUT2D eigenvalue weighted by molar-refractivity contribution is 5.74. The Labute approximate surface area is 173 Å². The summed E-state index contributed by atoms with van der Waals surface area (Å²) in [6.07, 6.45) is 10.3. The first-order chi connectivity index (χ1) is 14.3. The lowest BCUT2D eigenvalue weighted by Gasteiger charge is -2.39. The zero-order valence-electron chi connectivity index (χ0n) is 17.1. The van der Waals surface area contributed by atoms with Gasteiger partial charge in [0.15, 0.2) is 0 Å². The predicted octanol–water partition coefficient (Wildman–Crippen LogP) is 4.69. The number of para-hydroxylation sites is 2. The van der Waals surface area contributed by atoms with Crippen molar-refractivity contribution >= 4 is 11.0 Å². The van der Waals surface area contributed by atoms with Crippen molar-refractivity contribution in [3.8, 4) is 0 Å². The summed E-state index contributed by atoms with van der Waals surface area (Å²) in [6.45, 7) is 5.75. The molecule has 3 N–H and O–H groups in total. The number of nitrogens with zero attached hydrogens (tertiary/aromatic N) is 3. The van der Waals surface area contributed by atoms with E-state index in [-0.39, 0.29) is 6.04 Å². The number of rotatable bonds is 9. The number of aryl methyl sites for hydroxylation is 1. The Morgan fingerprint density at radius 1 is 1.24 bits per heavy atom. The zero-order valence-corrected chi connectivity index (χ0v) is 17.1. The fourth-order valence-electron chi connectivity index (χ4n) is 4.57. The number of benzene rings is 1. The number of hydrogen-bond donors (Lipinski definition) is 2. The standard InChI is InChI=1S/C24H31N5/c1-2-9-22(24-27-19-12-3-4-13-20(19)28-24)29(17-6-5-15-25)21-14-7-10-18-11-8-16-26-23(18)21/h2-4,8,11-13,16,21-22H,1,5-7,9-10,14-15,17,25H2,(H,27,28). The molecule has 0 spiro atoms. The lowest BCUT2D eigenvalue weighted by Crippen LogP contribution is -2.36. The average molecular weight is 390 g/mol. The molecule has 0 aliphatic heterocycles. The summed E-state index contributed by atoms with van der Waals surface area (Å²) >= 11 is 0. The summed E-state index contributed by atoms with van der Waals surface area (Å²) in [4.78, 5) is 15.9. The molecule has 2 atom stereocenters. The van der Waals surface area contributed by atoms with E-state index in [1.807, 2.05) is 24.4 Å². The van der Waals surface area contributed by atoms with Gasteiger partial charge in [0.1, 0.15) is 5.82 Å². The van der Waals surface area contributed by atoms with E-state index in [0.717, 1.165) is 62.1 Å². The predicted molar refractivity (Wildman–Crippen MR) is 119 cm³/mol. The smallest absolute Gasteiger partial charge is 0.125 e. The third kappa shape index (κ3) is 4.26. The van der Waals surface area contributed by atoms with E-state index >= 15 is 0 Å². The molecule has 0 amide bonds. The Kier molecular flexibility index (Phi) is 6.37. The van der Waals surface area contributed by atoms with Gasteiger partial charge in [0.05, 0.1) is 28.8 Å². The highest BCUT2D eigenvalue weighted by Gasteiger charge is 2.33. The minimum Gasteiger partial charge on any atom is -0.341 e. The van der Waals surface area contributed by atoms with E-state index in [2.05, 4.69) is 40.7 Å². The minimum atomic E-state index is 0.149. The maximum atomic E-state index is 5.80. The summed E-state index contributed by atoms with van der Waals surface area (Å²) in [5.41, 5.74) is 10.5. The fraction of sp³-hybridized carbons (Fsp3) is 0.417. The molecule has 2 unspecified atom stereocenters. The monoisotopic (exact) mass is 389 g/mol. The van der Waals surface area contributed by atoms with Gasteiger partial charge in [-0.1, -0.05) is 24.3 Å². The van der Waals surface area contributed by atoms with E-state index in [4.69, 9.17) is 15.7 Å². The first kappa shape index (κ1) is 19.8. The van der Waals surface area contributed by atoms with Gasteiger partial charge < -0.3 is 10.7 Å². The van der Waals surface area contributed by atoms with Crippen LogP contribution < -0.4 is 5.73 Å². The van der Waals surface area contributed by atoms with Gasteiger partial charge in [0, 0.05) is 6.20 Å². The number of aromatic amines is 1. The molecular weight excluding hydrogens is 358 g/mol. The number of unbranched alkanes of at least 4 members (excludes halogenated alkanes) is 1. The van der Waals surface area contributed by atoms with Crippen LogP contribution in [0.1, 0.15) is 61.3 Å². The summed E-state index contributed by atoms with van der Waals surface area (Å²) in [5, 5.41) is 0. The average Bonchev–Trinajstić information content (AvgIpc) is 3.19. The number of nitrogens with one attached hydrogen (secondary N) is 1. The summed E-state index contributed by atoms with van der Waals surface area (Å²) in [7, 11) is 0. The molecule has 3 aromatic rings. The number of aromatic nitrogens is 3. The van der Waals surface area contributed by atoms with Crippen LogP contribution in [-0.2, 0) is 6.42 Å². The molecule has 0 saturated heterocycles. The van der Waals surface area contributed by atoms with Crippen molar-refractivity contribution in [3.63, 3.8) is 0 Å². The topological polar surface area (TPSA) is 70.8 Å². The Morgan fingerprint density at radius 2 is 2.14 bits per heavy atom. The molecule has 0 saturated carbocycles. The largest absolute Gasteiger partial charge is 0.341 e. The van der Waals surface area contributed by atoms with Crippen molar-refractivity contribution in [2.45, 2.75) is 50.6 Å². The fourth-order valence-corrected chi connectivity index (χ4v) is 4.57. The number of imidazole rings is 1. The van der Waals surface area contributed by atoms with Gasteiger partial charge in [-0.2, -0.15) is 0 Å². The first-order valence-electron chi connectivity index (χ1n) is 10.8. The highest BCUT2D eigenvalue weighted by atomic mass is 15.2. The molecular formula is C24H31N5. The summed E-state index contributed by atoms with van der Waals surface area (Å²) in [6, 6.07) is 13.0. The molecule has 0 radical (unpaired) electrons. The lowest BCUT2D eigenvalue weighted by molar-refractivity contribution is 0.109. The van der Waals surface area contributed by atoms with E-state index in [0.29, 0.717) is 6.04 Å². The van der Waals surface area contributed by atoms with E-state index in [1.54, 1.807) is 0 Å². The zero-order chi connectivity index (χ0) is 20.1. The molecule has 5 nitrogen and oxygen atoms in total. The van der Waals surface area contributed by atoms with Crippen molar-refractivity contribution in [1.29, 1.82) is 0 Å². The molecule has 1 aromatic carbocycles. The van der Waals surface area contributed by atoms with E-state index in [9.17, 15) is 0 Å². The maximum absolute atomic E-state index is 5.80. The van der Waals surface area contributed by atoms with Gasteiger partial charge >= 0.3 is 0 Å². The molecule has 1 aliphatic rings. The molecule has 0 fully saturated rings. The van der Waals surface area contributed by atoms with Crippen molar-refractivity contribution in [1.82, 2.24) is 19.9 Å². The second-order valence-electron chi connectivity index (χ2n) is 7.87. The van der Waals surface area contributed by atoms with Gasteiger partial charge in [-0.25, -0.2) is 4.98 Å². The van der Waals surface area contributed by atoms with Gasteiger partial charge in [-0.15, -0.1) is 6.58 Å². The van der Waals surface area contributed by atoms with Gasteiger partial charge in [0.25, 0.3) is 0 Å².